The number of nitrogens with one attached hydrogen (secondary N) is 2. The summed E-state index contributed by atoms with van der Waals surface area (Å²) in [5.41, 5.74) is -0.344. The zero-order valence-electron chi connectivity index (χ0n) is 11.3. The molecule has 0 aliphatic rings. The zero-order chi connectivity index (χ0) is 14.9. The highest BCUT2D eigenvalue weighted by atomic mass is 35.5. The lowest BCUT2D eigenvalue weighted by molar-refractivity contribution is 0.0914. The molecule has 2 heterocycles. The number of amides is 1. The first-order chi connectivity index (χ1) is 9.24. The van der Waals surface area contributed by atoms with Gasteiger partial charge in [0.2, 0.25) is 0 Å². The number of H-pyrrole nitrogens is 1. The molecule has 0 radical (unpaired) electrons. The minimum atomic E-state index is -0.564. The molecule has 20 heavy (non-hydrogen) atoms. The third-order valence-electron chi connectivity index (χ3n) is 2.30. The second-order valence-electron chi connectivity index (χ2n) is 5.29. The van der Waals surface area contributed by atoms with Crippen molar-refractivity contribution in [2.75, 3.05) is 0 Å². The Labute approximate surface area is 125 Å². The van der Waals surface area contributed by atoms with Gasteiger partial charge in [-0.05, 0) is 39.0 Å². The van der Waals surface area contributed by atoms with E-state index in [0.29, 0.717) is 10.0 Å². The molecular weight excluding hydrogens is 298 g/mol. The first-order valence-corrected chi connectivity index (χ1v) is 7.14. The fraction of sp³-hybridized carbons (Fsp3) is 0.308. The Morgan fingerprint density at radius 2 is 2.10 bits per heavy atom. The number of aromatic nitrogens is 2. The van der Waals surface area contributed by atoms with Crippen molar-refractivity contribution in [1.82, 2.24) is 15.3 Å². The maximum atomic E-state index is 12.1. The molecule has 0 aromatic carbocycles. The molecule has 0 atom stereocenters. The summed E-state index contributed by atoms with van der Waals surface area (Å²) in [7, 11) is 0. The lowest BCUT2D eigenvalue weighted by Crippen LogP contribution is -2.41. The molecule has 0 aliphatic heterocycles. The lowest BCUT2D eigenvalue weighted by Gasteiger charge is -2.20. The molecule has 2 rings (SSSR count). The van der Waals surface area contributed by atoms with E-state index < -0.39 is 11.2 Å². The van der Waals surface area contributed by atoms with Crippen LogP contribution in [0.3, 0.4) is 0 Å². The summed E-state index contributed by atoms with van der Waals surface area (Å²) in [6.07, 6.45) is 0. The van der Waals surface area contributed by atoms with Gasteiger partial charge < -0.3 is 10.3 Å². The largest absolute Gasteiger partial charge is 0.346 e. The summed E-state index contributed by atoms with van der Waals surface area (Å²) in [6, 6.07) is 5.06. The van der Waals surface area contributed by atoms with Crippen LogP contribution in [0.2, 0.25) is 4.34 Å². The minimum absolute atomic E-state index is 0.0863. The predicted molar refractivity (Wildman–Crippen MR) is 80.4 cm³/mol. The second-order valence-corrected chi connectivity index (χ2v) is 7.01. The topological polar surface area (TPSA) is 74.8 Å². The Morgan fingerprint density at radius 1 is 1.40 bits per heavy atom. The maximum Gasteiger partial charge on any atom is 0.346 e. The van der Waals surface area contributed by atoms with Crippen molar-refractivity contribution in [3.05, 3.63) is 38.7 Å². The third-order valence-corrected chi connectivity index (χ3v) is 3.57. The summed E-state index contributed by atoms with van der Waals surface area (Å²) in [6.45, 7) is 5.58. The van der Waals surface area contributed by atoms with E-state index in [1.807, 2.05) is 20.8 Å². The quantitative estimate of drug-likeness (QED) is 0.895. The SMILES string of the molecule is CC(C)(C)NC(=O)c1cc(-c2ccc(Cl)s2)[nH]c(=O)n1. The summed E-state index contributed by atoms with van der Waals surface area (Å²) in [5, 5.41) is 2.77. The van der Waals surface area contributed by atoms with Crippen molar-refractivity contribution in [3.63, 3.8) is 0 Å². The Kier molecular flexibility index (Phi) is 3.96. The van der Waals surface area contributed by atoms with Crippen LogP contribution in [0, 0.1) is 0 Å². The van der Waals surface area contributed by atoms with E-state index in [1.54, 1.807) is 18.2 Å². The van der Waals surface area contributed by atoms with Gasteiger partial charge in [-0.3, -0.25) is 4.79 Å². The van der Waals surface area contributed by atoms with Gasteiger partial charge >= 0.3 is 5.69 Å². The first-order valence-electron chi connectivity index (χ1n) is 5.94. The molecule has 0 aliphatic carbocycles. The van der Waals surface area contributed by atoms with Crippen LogP contribution in [0.1, 0.15) is 31.3 Å². The fourth-order valence-electron chi connectivity index (χ4n) is 1.57. The molecule has 0 spiro atoms. The minimum Gasteiger partial charge on any atom is -0.346 e. The maximum absolute atomic E-state index is 12.1. The lowest BCUT2D eigenvalue weighted by atomic mass is 10.1. The number of aromatic amines is 1. The fourth-order valence-corrected chi connectivity index (χ4v) is 2.58. The number of nitrogens with zero attached hydrogens (tertiary/aromatic N) is 1. The molecule has 0 saturated heterocycles. The number of rotatable bonds is 2. The van der Waals surface area contributed by atoms with Gasteiger partial charge in [0.25, 0.3) is 5.91 Å². The number of hydrogen-bond donors (Lipinski definition) is 2. The highest BCUT2D eigenvalue weighted by molar-refractivity contribution is 7.19. The molecule has 0 unspecified atom stereocenters. The average molecular weight is 312 g/mol. The van der Waals surface area contributed by atoms with Crippen molar-refractivity contribution in [1.29, 1.82) is 0 Å². The first kappa shape index (κ1) is 14.7. The van der Waals surface area contributed by atoms with E-state index in [2.05, 4.69) is 15.3 Å². The van der Waals surface area contributed by atoms with E-state index >= 15 is 0 Å². The molecule has 7 heteroatoms. The predicted octanol–water partition coefficient (Wildman–Crippen LogP) is 2.68. The Bertz CT molecular complexity index is 700. The third kappa shape index (κ3) is 3.68. The van der Waals surface area contributed by atoms with Crippen molar-refractivity contribution < 1.29 is 4.79 Å². The van der Waals surface area contributed by atoms with Gasteiger partial charge in [0.05, 0.1) is 14.9 Å². The Hall–Kier alpha value is -1.66. The molecule has 5 nitrogen and oxygen atoms in total. The van der Waals surface area contributed by atoms with Crippen LogP contribution in [-0.2, 0) is 0 Å². The smallest absolute Gasteiger partial charge is 0.346 e. The van der Waals surface area contributed by atoms with Crippen molar-refractivity contribution in [3.8, 4) is 10.6 Å². The van der Waals surface area contributed by atoms with Crippen molar-refractivity contribution in [2.45, 2.75) is 26.3 Å². The van der Waals surface area contributed by atoms with Crippen LogP contribution in [-0.4, -0.2) is 21.4 Å². The Morgan fingerprint density at radius 3 is 2.65 bits per heavy atom. The van der Waals surface area contributed by atoms with Crippen LogP contribution in [0.4, 0.5) is 0 Å². The summed E-state index contributed by atoms with van der Waals surface area (Å²) >= 11 is 7.19. The molecule has 0 saturated carbocycles. The van der Waals surface area contributed by atoms with Gasteiger partial charge in [-0.25, -0.2) is 4.79 Å². The van der Waals surface area contributed by atoms with Gasteiger partial charge in [0.1, 0.15) is 5.69 Å². The van der Waals surface area contributed by atoms with Crippen molar-refractivity contribution >= 4 is 28.8 Å². The summed E-state index contributed by atoms with van der Waals surface area (Å²) in [5.74, 6) is -0.382. The van der Waals surface area contributed by atoms with Crippen LogP contribution < -0.4 is 11.0 Å². The van der Waals surface area contributed by atoms with E-state index in [1.165, 1.54) is 11.3 Å². The molecule has 2 aromatic rings. The van der Waals surface area contributed by atoms with E-state index in [-0.39, 0.29) is 11.6 Å². The average Bonchev–Trinajstić information content (AvgIpc) is 2.73. The number of carbonyl (C=O) groups is 1. The zero-order valence-corrected chi connectivity index (χ0v) is 12.9. The molecular formula is C13H14ClN3O2S. The van der Waals surface area contributed by atoms with Gasteiger partial charge in [-0.15, -0.1) is 11.3 Å². The summed E-state index contributed by atoms with van der Waals surface area (Å²) < 4.78 is 0.610. The molecule has 1 amide bonds. The van der Waals surface area contributed by atoms with Crippen LogP contribution in [0.25, 0.3) is 10.6 Å². The molecule has 0 fully saturated rings. The standard InChI is InChI=1S/C13H14ClN3O2S/c1-13(2,3)17-11(18)8-6-7(15-12(19)16-8)9-4-5-10(14)20-9/h4-6H,1-3H3,(H,17,18)(H,15,16,19). The van der Waals surface area contributed by atoms with E-state index in [0.717, 1.165) is 4.88 Å². The van der Waals surface area contributed by atoms with Gasteiger partial charge in [0.15, 0.2) is 0 Å². The van der Waals surface area contributed by atoms with Gasteiger partial charge in [-0.2, -0.15) is 4.98 Å². The van der Waals surface area contributed by atoms with E-state index in [9.17, 15) is 9.59 Å². The Balaban J connectivity index is 2.39. The normalized spacial score (nSPS) is 11.4. The van der Waals surface area contributed by atoms with E-state index in [4.69, 9.17) is 11.6 Å². The molecule has 2 N–H and O–H groups in total. The highest BCUT2D eigenvalue weighted by Gasteiger charge is 2.18. The van der Waals surface area contributed by atoms with Gasteiger partial charge in [0, 0.05) is 5.54 Å². The molecule has 106 valence electrons. The molecule has 0 bridgehead atoms. The summed E-state index contributed by atoms with van der Waals surface area (Å²) in [4.78, 5) is 30.7. The number of halogens is 1. The number of carbonyl (C=O) groups excluding carboxylic acids is 1. The number of thiophene rings is 1. The number of hydrogen-bond acceptors (Lipinski definition) is 4. The van der Waals surface area contributed by atoms with Gasteiger partial charge in [-0.1, -0.05) is 11.6 Å². The highest BCUT2D eigenvalue weighted by Crippen LogP contribution is 2.29. The van der Waals surface area contributed by atoms with Crippen molar-refractivity contribution in [2.24, 2.45) is 0 Å². The monoisotopic (exact) mass is 311 g/mol. The van der Waals surface area contributed by atoms with Crippen LogP contribution in [0.5, 0.6) is 0 Å². The van der Waals surface area contributed by atoms with Crippen LogP contribution in [0.15, 0.2) is 23.0 Å². The van der Waals surface area contributed by atoms with Crippen LogP contribution >= 0.6 is 22.9 Å². The second kappa shape index (κ2) is 5.38. The molecule has 2 aromatic heterocycles.